The van der Waals surface area contributed by atoms with E-state index >= 15 is 0 Å². The van der Waals surface area contributed by atoms with Crippen molar-refractivity contribution in [1.82, 2.24) is 10.6 Å². The van der Waals surface area contributed by atoms with Crippen LogP contribution in [0.2, 0.25) is 0 Å². The van der Waals surface area contributed by atoms with Crippen LogP contribution in [0.25, 0.3) is 0 Å². The number of amides is 1. The summed E-state index contributed by atoms with van der Waals surface area (Å²) in [6.07, 6.45) is 2.06. The largest absolute Gasteiger partial charge is 0.394 e. The average molecular weight is 287 g/mol. The molecule has 0 saturated carbocycles. The van der Waals surface area contributed by atoms with E-state index in [1.807, 2.05) is 50.2 Å². The molecule has 1 aromatic rings. The Morgan fingerprint density at radius 1 is 1.43 bits per heavy atom. The van der Waals surface area contributed by atoms with E-state index in [1.54, 1.807) is 0 Å². The van der Waals surface area contributed by atoms with Crippen molar-refractivity contribution in [2.75, 3.05) is 6.61 Å². The fraction of sp³-hybridized carbons (Fsp3) is 0.375. The number of rotatable bonds is 7. The monoisotopic (exact) mass is 287 g/mol. The number of nitriles is 1. The lowest BCUT2D eigenvalue weighted by molar-refractivity contribution is -0.117. The minimum Gasteiger partial charge on any atom is -0.394 e. The molecule has 5 nitrogen and oxygen atoms in total. The topological polar surface area (TPSA) is 85.2 Å². The molecule has 0 aliphatic rings. The van der Waals surface area contributed by atoms with Gasteiger partial charge in [0.1, 0.15) is 11.6 Å². The summed E-state index contributed by atoms with van der Waals surface area (Å²) in [7, 11) is 0. The summed E-state index contributed by atoms with van der Waals surface area (Å²) < 4.78 is 0. The van der Waals surface area contributed by atoms with Crippen LogP contribution >= 0.6 is 0 Å². The molecule has 0 bridgehead atoms. The first-order valence-electron chi connectivity index (χ1n) is 6.95. The van der Waals surface area contributed by atoms with Crippen LogP contribution in [0, 0.1) is 11.3 Å². The lowest BCUT2D eigenvalue weighted by atomic mass is 10.1. The van der Waals surface area contributed by atoms with Gasteiger partial charge in [-0.15, -0.1) is 0 Å². The highest BCUT2D eigenvalue weighted by atomic mass is 16.3. The van der Waals surface area contributed by atoms with Gasteiger partial charge in [-0.2, -0.15) is 5.26 Å². The fourth-order valence-electron chi connectivity index (χ4n) is 1.75. The highest BCUT2D eigenvalue weighted by Crippen LogP contribution is 2.11. The van der Waals surface area contributed by atoms with E-state index in [-0.39, 0.29) is 24.3 Å². The molecule has 0 saturated heterocycles. The maximum atomic E-state index is 12.0. The Morgan fingerprint density at radius 2 is 2.10 bits per heavy atom. The smallest absolute Gasteiger partial charge is 0.263 e. The quantitative estimate of drug-likeness (QED) is 0.525. The van der Waals surface area contributed by atoms with Gasteiger partial charge < -0.3 is 15.7 Å². The third kappa shape index (κ3) is 5.28. The van der Waals surface area contributed by atoms with Crippen LogP contribution in [0.1, 0.15) is 31.9 Å². The molecule has 0 radical (unpaired) electrons. The minimum atomic E-state index is -0.436. The third-order valence-corrected chi connectivity index (χ3v) is 3.19. The molecule has 1 aromatic carbocycles. The van der Waals surface area contributed by atoms with Crippen molar-refractivity contribution < 1.29 is 9.90 Å². The number of benzene rings is 1. The summed E-state index contributed by atoms with van der Waals surface area (Å²) in [6.45, 7) is 3.72. The maximum absolute atomic E-state index is 12.0. The number of hydrogen-bond acceptors (Lipinski definition) is 4. The van der Waals surface area contributed by atoms with Crippen LogP contribution in [-0.2, 0) is 4.79 Å². The zero-order chi connectivity index (χ0) is 15.7. The third-order valence-electron chi connectivity index (χ3n) is 3.19. The Balaban J connectivity index is 2.67. The van der Waals surface area contributed by atoms with Gasteiger partial charge in [0.2, 0.25) is 0 Å². The highest BCUT2D eigenvalue weighted by molar-refractivity contribution is 5.97. The van der Waals surface area contributed by atoms with Crippen molar-refractivity contribution in [2.24, 2.45) is 0 Å². The van der Waals surface area contributed by atoms with Crippen LogP contribution in [0.15, 0.2) is 42.1 Å². The Labute approximate surface area is 125 Å². The minimum absolute atomic E-state index is 0.00955. The zero-order valence-corrected chi connectivity index (χ0v) is 12.3. The Kier molecular flexibility index (Phi) is 6.99. The van der Waals surface area contributed by atoms with Crippen LogP contribution in [0.4, 0.5) is 0 Å². The zero-order valence-electron chi connectivity index (χ0n) is 12.3. The number of aliphatic hydroxyl groups is 1. The summed E-state index contributed by atoms with van der Waals surface area (Å²) in [5, 5.41) is 23.8. The predicted octanol–water partition coefficient (Wildman–Crippen LogP) is 1.63. The molecule has 0 spiro atoms. The highest BCUT2D eigenvalue weighted by Gasteiger charge is 2.14. The van der Waals surface area contributed by atoms with Crippen LogP contribution < -0.4 is 10.6 Å². The molecular formula is C16H21N3O2. The average Bonchev–Trinajstić information content (AvgIpc) is 2.52. The van der Waals surface area contributed by atoms with Gasteiger partial charge in [0.05, 0.1) is 12.6 Å². The summed E-state index contributed by atoms with van der Waals surface area (Å²) in [5.41, 5.74) is 0.961. The second kappa shape index (κ2) is 8.77. The number of aliphatic hydroxyl groups excluding tert-OH is 1. The fourth-order valence-corrected chi connectivity index (χ4v) is 1.75. The van der Waals surface area contributed by atoms with Gasteiger partial charge >= 0.3 is 0 Å². The van der Waals surface area contributed by atoms with E-state index in [9.17, 15) is 4.79 Å². The summed E-state index contributed by atoms with van der Waals surface area (Å²) in [4.78, 5) is 12.0. The molecule has 5 heteroatoms. The first kappa shape index (κ1) is 16.7. The Bertz CT molecular complexity index is 516. The number of hydrogen-bond donors (Lipinski definition) is 3. The van der Waals surface area contributed by atoms with Crippen LogP contribution in [0.3, 0.4) is 0 Å². The van der Waals surface area contributed by atoms with Gasteiger partial charge in [0.15, 0.2) is 0 Å². The van der Waals surface area contributed by atoms with E-state index in [0.29, 0.717) is 6.42 Å². The summed E-state index contributed by atoms with van der Waals surface area (Å²) in [6, 6.07) is 11.0. The maximum Gasteiger partial charge on any atom is 0.263 e. The lowest BCUT2D eigenvalue weighted by Gasteiger charge is -2.15. The van der Waals surface area contributed by atoms with Crippen molar-refractivity contribution in [2.45, 2.75) is 32.4 Å². The van der Waals surface area contributed by atoms with Crippen LogP contribution in [0.5, 0.6) is 0 Å². The summed E-state index contributed by atoms with van der Waals surface area (Å²) in [5.74, 6) is -0.436. The first-order chi connectivity index (χ1) is 10.1. The number of carbonyl (C=O) groups excluding carboxylic acids is 1. The molecule has 1 rings (SSSR count). The molecule has 0 aromatic heterocycles. The molecule has 112 valence electrons. The Morgan fingerprint density at radius 3 is 2.62 bits per heavy atom. The van der Waals surface area contributed by atoms with E-state index in [2.05, 4.69) is 10.6 Å². The molecule has 0 heterocycles. The molecule has 3 N–H and O–H groups in total. The Hall–Kier alpha value is -2.32. The number of nitrogens with one attached hydrogen (secondary N) is 2. The van der Waals surface area contributed by atoms with Gasteiger partial charge in [0.25, 0.3) is 5.91 Å². The van der Waals surface area contributed by atoms with Crippen molar-refractivity contribution >= 4 is 5.91 Å². The number of nitrogens with zero attached hydrogens (tertiary/aromatic N) is 1. The van der Waals surface area contributed by atoms with E-state index in [1.165, 1.54) is 6.20 Å². The van der Waals surface area contributed by atoms with Crippen molar-refractivity contribution in [1.29, 1.82) is 5.26 Å². The van der Waals surface area contributed by atoms with Gasteiger partial charge in [-0.05, 0) is 18.9 Å². The van der Waals surface area contributed by atoms with Crippen LogP contribution in [-0.4, -0.2) is 23.7 Å². The molecule has 0 fully saturated rings. The van der Waals surface area contributed by atoms with Crippen molar-refractivity contribution in [3.63, 3.8) is 0 Å². The van der Waals surface area contributed by atoms with E-state index in [0.717, 1.165) is 5.56 Å². The SMILES string of the molecule is CCC(CO)N/C=C(/C#N)C(=O)NC(C)c1ccccc1. The number of carbonyl (C=O) groups is 1. The first-order valence-corrected chi connectivity index (χ1v) is 6.95. The molecule has 2 atom stereocenters. The van der Waals surface area contributed by atoms with Crippen molar-refractivity contribution in [3.8, 4) is 6.07 Å². The van der Waals surface area contributed by atoms with E-state index in [4.69, 9.17) is 10.4 Å². The molecular weight excluding hydrogens is 266 g/mol. The second-order valence-electron chi connectivity index (χ2n) is 4.73. The van der Waals surface area contributed by atoms with Crippen molar-refractivity contribution in [3.05, 3.63) is 47.7 Å². The molecule has 2 unspecified atom stereocenters. The van der Waals surface area contributed by atoms with E-state index < -0.39 is 5.91 Å². The molecule has 0 aliphatic heterocycles. The molecule has 0 aliphatic carbocycles. The molecule has 1 amide bonds. The predicted molar refractivity (Wildman–Crippen MR) is 81.0 cm³/mol. The normalized spacial score (nSPS) is 13.9. The molecule has 21 heavy (non-hydrogen) atoms. The van der Waals surface area contributed by atoms with Gasteiger partial charge in [-0.3, -0.25) is 4.79 Å². The second-order valence-corrected chi connectivity index (χ2v) is 4.73. The summed E-state index contributed by atoms with van der Waals surface area (Å²) >= 11 is 0. The lowest BCUT2D eigenvalue weighted by Crippen LogP contribution is -2.31. The standard InChI is InChI=1S/C16H21N3O2/c1-3-15(11-20)18-10-14(9-17)16(21)19-12(2)13-7-5-4-6-8-13/h4-8,10,12,15,18,20H,3,11H2,1-2H3,(H,19,21)/b14-10-. The van der Waals surface area contributed by atoms with Gasteiger partial charge in [0, 0.05) is 12.2 Å². The van der Waals surface area contributed by atoms with Gasteiger partial charge in [-0.25, -0.2) is 0 Å². The van der Waals surface area contributed by atoms with Gasteiger partial charge in [-0.1, -0.05) is 37.3 Å².